The molecule has 0 amide bonds. The summed E-state index contributed by atoms with van der Waals surface area (Å²) < 4.78 is 0. The molecule has 3 rings (SSSR count). The lowest BCUT2D eigenvalue weighted by atomic mass is 10.3. The molecule has 0 bridgehead atoms. The van der Waals surface area contributed by atoms with Crippen molar-refractivity contribution in [1.29, 1.82) is 0 Å². The third-order valence-corrected chi connectivity index (χ3v) is 4.28. The number of aromatic nitrogens is 2. The first kappa shape index (κ1) is 10.6. The predicted molar refractivity (Wildman–Crippen MR) is 72.4 cm³/mol. The molecule has 2 N–H and O–H groups in total. The van der Waals surface area contributed by atoms with Crippen molar-refractivity contribution in [1.82, 2.24) is 9.97 Å². The molecule has 0 atom stereocenters. The van der Waals surface area contributed by atoms with Crippen LogP contribution in [0.25, 0.3) is 10.2 Å². The van der Waals surface area contributed by atoms with Gasteiger partial charge in [0.05, 0.1) is 0 Å². The van der Waals surface area contributed by atoms with Crippen LogP contribution in [0.1, 0.15) is 0 Å². The number of benzene rings is 1. The highest BCUT2D eigenvalue weighted by molar-refractivity contribution is 7.99. The van der Waals surface area contributed by atoms with E-state index in [0.717, 1.165) is 25.8 Å². The molecule has 0 spiro atoms. The highest BCUT2D eigenvalue weighted by Gasteiger charge is 2.07. The first-order valence-electron chi connectivity index (χ1n) is 5.05. The number of fused-ring (bicyclic) bond motifs is 1. The van der Waals surface area contributed by atoms with Crippen LogP contribution in [0.2, 0.25) is 0 Å². The van der Waals surface area contributed by atoms with Crippen LogP contribution in [-0.2, 0) is 0 Å². The standard InChI is InChI=1S/C12H9N3S2/c13-9-3-1-2-4-10(9)17-12-8-5-6-16-11(8)14-7-15-12/h1-7H,13H2. The van der Waals surface area contributed by atoms with Crippen molar-refractivity contribution >= 4 is 39.0 Å². The zero-order valence-corrected chi connectivity index (χ0v) is 10.5. The summed E-state index contributed by atoms with van der Waals surface area (Å²) >= 11 is 3.20. The van der Waals surface area contributed by atoms with E-state index in [1.54, 1.807) is 29.4 Å². The first-order chi connectivity index (χ1) is 8.34. The average Bonchev–Trinajstić information content (AvgIpc) is 2.81. The van der Waals surface area contributed by atoms with Crippen molar-refractivity contribution in [2.45, 2.75) is 9.92 Å². The van der Waals surface area contributed by atoms with Gasteiger partial charge in [0.2, 0.25) is 0 Å². The molecule has 1 aromatic carbocycles. The molecule has 3 aromatic rings. The molecule has 5 heteroatoms. The van der Waals surface area contributed by atoms with E-state index >= 15 is 0 Å². The minimum atomic E-state index is 0.777. The second kappa shape index (κ2) is 4.35. The largest absolute Gasteiger partial charge is 0.398 e. The molecular weight excluding hydrogens is 250 g/mol. The van der Waals surface area contributed by atoms with Gasteiger partial charge in [-0.2, -0.15) is 0 Å². The number of para-hydroxylation sites is 1. The van der Waals surface area contributed by atoms with E-state index in [-0.39, 0.29) is 0 Å². The van der Waals surface area contributed by atoms with E-state index in [1.165, 1.54) is 0 Å². The van der Waals surface area contributed by atoms with Crippen molar-refractivity contribution in [2.75, 3.05) is 5.73 Å². The van der Waals surface area contributed by atoms with Gasteiger partial charge in [0.15, 0.2) is 0 Å². The number of rotatable bonds is 2. The molecule has 0 aliphatic carbocycles. The molecule has 2 aromatic heterocycles. The van der Waals surface area contributed by atoms with E-state index < -0.39 is 0 Å². The quantitative estimate of drug-likeness (QED) is 0.566. The second-order valence-electron chi connectivity index (χ2n) is 3.46. The lowest BCUT2D eigenvalue weighted by molar-refractivity contribution is 1.11. The molecular formula is C12H9N3S2. The van der Waals surface area contributed by atoms with Crippen LogP contribution in [0.3, 0.4) is 0 Å². The minimum Gasteiger partial charge on any atom is -0.398 e. The van der Waals surface area contributed by atoms with Crippen LogP contribution in [0.5, 0.6) is 0 Å². The van der Waals surface area contributed by atoms with Crippen molar-refractivity contribution in [3.63, 3.8) is 0 Å². The summed E-state index contributed by atoms with van der Waals surface area (Å²) in [5.74, 6) is 0. The van der Waals surface area contributed by atoms with Crippen molar-refractivity contribution < 1.29 is 0 Å². The normalized spacial score (nSPS) is 10.8. The molecule has 2 heterocycles. The summed E-state index contributed by atoms with van der Waals surface area (Å²) in [4.78, 5) is 10.6. The Hall–Kier alpha value is -1.59. The van der Waals surface area contributed by atoms with Crippen LogP contribution in [0.15, 0.2) is 52.0 Å². The van der Waals surface area contributed by atoms with E-state index in [1.807, 2.05) is 35.7 Å². The molecule has 0 saturated carbocycles. The fraction of sp³-hybridized carbons (Fsp3) is 0. The zero-order chi connectivity index (χ0) is 11.7. The van der Waals surface area contributed by atoms with Gasteiger partial charge in [0, 0.05) is 16.0 Å². The fourth-order valence-electron chi connectivity index (χ4n) is 1.53. The average molecular weight is 259 g/mol. The van der Waals surface area contributed by atoms with Crippen LogP contribution in [0.4, 0.5) is 5.69 Å². The molecule has 0 aliphatic heterocycles. The Labute approximate surface area is 107 Å². The highest BCUT2D eigenvalue weighted by Crippen LogP contribution is 2.35. The van der Waals surface area contributed by atoms with E-state index in [9.17, 15) is 0 Å². The summed E-state index contributed by atoms with van der Waals surface area (Å²) in [5.41, 5.74) is 6.70. The second-order valence-corrected chi connectivity index (χ2v) is 5.38. The Balaban J connectivity index is 2.06. The number of hydrogen-bond acceptors (Lipinski definition) is 5. The summed E-state index contributed by atoms with van der Waals surface area (Å²) in [6.07, 6.45) is 1.60. The molecule has 84 valence electrons. The monoisotopic (exact) mass is 259 g/mol. The molecule has 17 heavy (non-hydrogen) atoms. The topological polar surface area (TPSA) is 51.8 Å². The maximum Gasteiger partial charge on any atom is 0.127 e. The van der Waals surface area contributed by atoms with E-state index in [4.69, 9.17) is 5.73 Å². The van der Waals surface area contributed by atoms with Crippen molar-refractivity contribution in [2.24, 2.45) is 0 Å². The summed E-state index contributed by atoms with van der Waals surface area (Å²) in [6, 6.07) is 9.85. The summed E-state index contributed by atoms with van der Waals surface area (Å²) in [6.45, 7) is 0. The molecule has 0 saturated heterocycles. The van der Waals surface area contributed by atoms with Gasteiger partial charge >= 0.3 is 0 Å². The molecule has 0 unspecified atom stereocenters. The lowest BCUT2D eigenvalue weighted by Crippen LogP contribution is -1.88. The van der Waals surface area contributed by atoms with Gasteiger partial charge < -0.3 is 5.73 Å². The number of nitrogens with two attached hydrogens (primary N) is 1. The van der Waals surface area contributed by atoms with Gasteiger partial charge in [0.1, 0.15) is 16.2 Å². The Morgan fingerprint density at radius 3 is 2.88 bits per heavy atom. The van der Waals surface area contributed by atoms with Gasteiger partial charge in [-0.05, 0) is 23.6 Å². The molecule has 3 nitrogen and oxygen atoms in total. The van der Waals surface area contributed by atoms with Gasteiger partial charge in [-0.25, -0.2) is 9.97 Å². The maximum atomic E-state index is 5.93. The van der Waals surface area contributed by atoms with Gasteiger partial charge in [0.25, 0.3) is 0 Å². The van der Waals surface area contributed by atoms with E-state index in [0.29, 0.717) is 0 Å². The van der Waals surface area contributed by atoms with Crippen molar-refractivity contribution in [3.8, 4) is 0 Å². The minimum absolute atomic E-state index is 0.777. The number of anilines is 1. The Bertz CT molecular complexity index is 663. The maximum absolute atomic E-state index is 5.93. The Kier molecular flexibility index (Phi) is 2.70. The van der Waals surface area contributed by atoms with Crippen LogP contribution < -0.4 is 5.73 Å². The number of hydrogen-bond donors (Lipinski definition) is 1. The van der Waals surface area contributed by atoms with Gasteiger partial charge in [-0.3, -0.25) is 0 Å². The molecule has 0 fully saturated rings. The number of thiophene rings is 1. The number of nitrogens with zero attached hydrogens (tertiary/aromatic N) is 2. The first-order valence-corrected chi connectivity index (χ1v) is 6.75. The molecule has 0 aliphatic rings. The smallest absolute Gasteiger partial charge is 0.127 e. The predicted octanol–water partition coefficient (Wildman–Crippen LogP) is 3.42. The fourth-order valence-corrected chi connectivity index (χ4v) is 3.24. The lowest BCUT2D eigenvalue weighted by Gasteiger charge is -2.04. The molecule has 0 radical (unpaired) electrons. The Morgan fingerprint density at radius 1 is 1.12 bits per heavy atom. The highest BCUT2D eigenvalue weighted by atomic mass is 32.2. The number of nitrogen functional groups attached to an aromatic ring is 1. The van der Waals surface area contributed by atoms with Gasteiger partial charge in [-0.1, -0.05) is 23.9 Å². The summed E-state index contributed by atoms with van der Waals surface area (Å²) in [7, 11) is 0. The van der Waals surface area contributed by atoms with Crippen molar-refractivity contribution in [3.05, 3.63) is 42.0 Å². The zero-order valence-electron chi connectivity index (χ0n) is 8.83. The van der Waals surface area contributed by atoms with Crippen LogP contribution in [0, 0.1) is 0 Å². The van der Waals surface area contributed by atoms with Crippen LogP contribution in [-0.4, -0.2) is 9.97 Å². The van der Waals surface area contributed by atoms with Gasteiger partial charge in [-0.15, -0.1) is 11.3 Å². The SMILES string of the molecule is Nc1ccccc1Sc1ncnc2sccc12. The third-order valence-electron chi connectivity index (χ3n) is 2.35. The van der Waals surface area contributed by atoms with E-state index in [2.05, 4.69) is 9.97 Å². The van der Waals surface area contributed by atoms with Crippen LogP contribution >= 0.6 is 23.1 Å². The Morgan fingerprint density at radius 2 is 2.00 bits per heavy atom. The third kappa shape index (κ3) is 1.99. The summed E-state index contributed by atoms with van der Waals surface area (Å²) in [5, 5.41) is 4.07.